The Hall–Kier alpha value is -1.29. The van der Waals surface area contributed by atoms with Gasteiger partial charge in [-0.15, -0.1) is 0 Å². The number of hydrogen-bond acceptors (Lipinski definition) is 2. The van der Waals surface area contributed by atoms with Gasteiger partial charge in [-0.05, 0) is 37.9 Å². The van der Waals surface area contributed by atoms with E-state index in [1.807, 2.05) is 24.5 Å². The summed E-state index contributed by atoms with van der Waals surface area (Å²) in [6.45, 7) is 5.58. The second kappa shape index (κ2) is 6.75. The molecule has 1 aromatic rings. The Morgan fingerprint density at radius 2 is 2.21 bits per heavy atom. The van der Waals surface area contributed by atoms with Gasteiger partial charge in [0.1, 0.15) is 0 Å². The second-order valence-corrected chi connectivity index (χ2v) is 5.49. The van der Waals surface area contributed by atoms with Crippen LogP contribution in [-0.2, 0) is 11.3 Å². The number of carbonyl (C=O) groups excluding carboxylic acids is 1. The Morgan fingerprint density at radius 1 is 1.42 bits per heavy atom. The van der Waals surface area contributed by atoms with Crippen molar-refractivity contribution >= 4 is 5.91 Å². The minimum Gasteiger partial charge on any atom is -0.354 e. The molecule has 4 nitrogen and oxygen atoms in total. The van der Waals surface area contributed by atoms with Crippen LogP contribution in [0.1, 0.15) is 32.6 Å². The van der Waals surface area contributed by atoms with Gasteiger partial charge < -0.3 is 15.2 Å². The average molecular weight is 263 g/mol. The summed E-state index contributed by atoms with van der Waals surface area (Å²) in [6.07, 6.45) is 8.21. The molecule has 1 saturated heterocycles. The lowest BCUT2D eigenvalue weighted by molar-refractivity contribution is -0.132. The number of nitrogens with zero attached hydrogens (tertiary/aromatic N) is 1. The largest absolute Gasteiger partial charge is 0.354 e. The van der Waals surface area contributed by atoms with Crippen molar-refractivity contribution < 1.29 is 4.79 Å². The molecule has 0 bridgehead atoms. The predicted molar refractivity (Wildman–Crippen MR) is 76.9 cm³/mol. The highest BCUT2D eigenvalue weighted by molar-refractivity contribution is 5.83. The van der Waals surface area contributed by atoms with Crippen molar-refractivity contribution in [2.75, 3.05) is 19.6 Å². The van der Waals surface area contributed by atoms with Gasteiger partial charge in [0.05, 0.1) is 5.41 Å². The molecule has 0 aromatic carbocycles. The number of hydrogen-bond donors (Lipinski definition) is 2. The highest BCUT2D eigenvalue weighted by Crippen LogP contribution is 2.31. The molecule has 1 aromatic heterocycles. The van der Waals surface area contributed by atoms with Gasteiger partial charge in [0.15, 0.2) is 0 Å². The van der Waals surface area contributed by atoms with E-state index in [-0.39, 0.29) is 11.3 Å². The zero-order valence-corrected chi connectivity index (χ0v) is 11.8. The Kier molecular flexibility index (Phi) is 5.02. The van der Waals surface area contributed by atoms with E-state index in [2.05, 4.69) is 22.1 Å². The van der Waals surface area contributed by atoms with E-state index in [1.165, 1.54) is 0 Å². The summed E-state index contributed by atoms with van der Waals surface area (Å²) in [4.78, 5) is 12.5. The van der Waals surface area contributed by atoms with Crippen LogP contribution >= 0.6 is 0 Å². The van der Waals surface area contributed by atoms with Crippen LogP contribution in [0, 0.1) is 5.41 Å². The lowest BCUT2D eigenvalue weighted by atomic mass is 9.76. The summed E-state index contributed by atoms with van der Waals surface area (Å²) < 4.78 is 2.09. The maximum Gasteiger partial charge on any atom is 0.227 e. The van der Waals surface area contributed by atoms with Crippen LogP contribution in [0.15, 0.2) is 24.5 Å². The maximum absolute atomic E-state index is 12.5. The van der Waals surface area contributed by atoms with Crippen LogP contribution in [0.25, 0.3) is 0 Å². The molecule has 1 amide bonds. The number of amides is 1. The van der Waals surface area contributed by atoms with E-state index >= 15 is 0 Å². The number of aromatic nitrogens is 1. The Balaban J connectivity index is 1.85. The van der Waals surface area contributed by atoms with Crippen molar-refractivity contribution in [2.24, 2.45) is 5.41 Å². The number of piperidine rings is 1. The lowest BCUT2D eigenvalue weighted by Gasteiger charge is -2.36. The SMILES string of the molecule is CCCC1(C(=O)NCCn2cccc2)CCCNC1. The second-order valence-electron chi connectivity index (χ2n) is 5.49. The summed E-state index contributed by atoms with van der Waals surface area (Å²) in [5, 5.41) is 6.50. The number of carbonyl (C=O) groups is 1. The van der Waals surface area contributed by atoms with Gasteiger partial charge in [-0.1, -0.05) is 13.3 Å². The van der Waals surface area contributed by atoms with Gasteiger partial charge in [0.2, 0.25) is 5.91 Å². The first-order chi connectivity index (χ1) is 9.27. The molecular formula is C15H25N3O. The fraction of sp³-hybridized carbons (Fsp3) is 0.667. The van der Waals surface area contributed by atoms with Crippen LogP contribution in [0.4, 0.5) is 0 Å². The van der Waals surface area contributed by atoms with Crippen LogP contribution in [0.5, 0.6) is 0 Å². The standard InChI is InChI=1S/C15H25N3O/c1-2-6-15(7-5-8-16-13-15)14(19)17-9-12-18-10-3-4-11-18/h3-4,10-11,16H,2,5-9,12-13H2,1H3,(H,17,19). The maximum atomic E-state index is 12.5. The molecule has 0 spiro atoms. The average Bonchev–Trinajstić information content (AvgIpc) is 2.93. The van der Waals surface area contributed by atoms with Crippen molar-refractivity contribution in [2.45, 2.75) is 39.2 Å². The molecule has 1 aliphatic rings. The van der Waals surface area contributed by atoms with Crippen molar-refractivity contribution in [3.63, 3.8) is 0 Å². The summed E-state index contributed by atoms with van der Waals surface area (Å²) in [5.74, 6) is 0.230. The van der Waals surface area contributed by atoms with Crippen LogP contribution < -0.4 is 10.6 Å². The van der Waals surface area contributed by atoms with Crippen LogP contribution in [0.3, 0.4) is 0 Å². The van der Waals surface area contributed by atoms with Crippen molar-refractivity contribution in [1.82, 2.24) is 15.2 Å². The van der Waals surface area contributed by atoms with E-state index in [0.29, 0.717) is 6.54 Å². The lowest BCUT2D eigenvalue weighted by Crippen LogP contribution is -2.50. The van der Waals surface area contributed by atoms with Gasteiger partial charge >= 0.3 is 0 Å². The Bertz CT molecular complexity index is 375. The molecule has 2 rings (SSSR count). The zero-order valence-electron chi connectivity index (χ0n) is 11.8. The highest BCUT2D eigenvalue weighted by Gasteiger charge is 2.38. The Morgan fingerprint density at radius 3 is 2.84 bits per heavy atom. The number of rotatable bonds is 6. The molecule has 19 heavy (non-hydrogen) atoms. The van der Waals surface area contributed by atoms with Crippen molar-refractivity contribution in [3.05, 3.63) is 24.5 Å². The quantitative estimate of drug-likeness (QED) is 0.821. The first-order valence-corrected chi connectivity index (χ1v) is 7.37. The predicted octanol–water partition coefficient (Wildman–Crippen LogP) is 1.77. The van der Waals surface area contributed by atoms with E-state index in [4.69, 9.17) is 0 Å². The third-order valence-corrected chi connectivity index (χ3v) is 4.00. The minimum atomic E-state index is -0.177. The third kappa shape index (κ3) is 3.60. The first kappa shape index (κ1) is 14.1. The molecule has 1 aliphatic heterocycles. The molecule has 2 N–H and O–H groups in total. The van der Waals surface area contributed by atoms with E-state index in [1.54, 1.807) is 0 Å². The summed E-state index contributed by atoms with van der Waals surface area (Å²) in [7, 11) is 0. The molecule has 1 atom stereocenters. The first-order valence-electron chi connectivity index (χ1n) is 7.37. The smallest absolute Gasteiger partial charge is 0.227 e. The van der Waals surface area contributed by atoms with Crippen molar-refractivity contribution in [1.29, 1.82) is 0 Å². The summed E-state index contributed by atoms with van der Waals surface area (Å²) in [6, 6.07) is 4.01. The molecule has 0 aliphatic carbocycles. The van der Waals surface area contributed by atoms with Crippen LogP contribution in [0.2, 0.25) is 0 Å². The summed E-state index contributed by atoms with van der Waals surface area (Å²) in [5.41, 5.74) is -0.177. The molecule has 0 saturated carbocycles. The topological polar surface area (TPSA) is 46.1 Å². The highest BCUT2D eigenvalue weighted by atomic mass is 16.2. The van der Waals surface area contributed by atoms with Gasteiger partial charge in [-0.25, -0.2) is 0 Å². The molecule has 1 unspecified atom stereocenters. The molecule has 4 heteroatoms. The normalized spacial score (nSPS) is 23.2. The van der Waals surface area contributed by atoms with E-state index in [9.17, 15) is 4.79 Å². The number of nitrogens with one attached hydrogen (secondary N) is 2. The molecule has 2 heterocycles. The van der Waals surface area contributed by atoms with E-state index < -0.39 is 0 Å². The molecule has 1 fully saturated rings. The van der Waals surface area contributed by atoms with Gasteiger partial charge in [-0.2, -0.15) is 0 Å². The van der Waals surface area contributed by atoms with Gasteiger partial charge in [-0.3, -0.25) is 4.79 Å². The minimum absolute atomic E-state index is 0.177. The fourth-order valence-electron chi connectivity index (χ4n) is 2.97. The third-order valence-electron chi connectivity index (χ3n) is 4.00. The Labute approximate surface area is 115 Å². The van der Waals surface area contributed by atoms with Crippen LogP contribution in [-0.4, -0.2) is 30.1 Å². The van der Waals surface area contributed by atoms with Gasteiger partial charge in [0.25, 0.3) is 0 Å². The van der Waals surface area contributed by atoms with Crippen molar-refractivity contribution in [3.8, 4) is 0 Å². The molecular weight excluding hydrogens is 238 g/mol. The van der Waals surface area contributed by atoms with Gasteiger partial charge in [0, 0.05) is 32.0 Å². The molecule has 0 radical (unpaired) electrons. The molecule has 106 valence electrons. The summed E-state index contributed by atoms with van der Waals surface area (Å²) >= 11 is 0. The van der Waals surface area contributed by atoms with E-state index in [0.717, 1.165) is 45.3 Å². The fourth-order valence-corrected chi connectivity index (χ4v) is 2.97. The monoisotopic (exact) mass is 263 g/mol. The zero-order chi connectivity index (χ0) is 13.6.